The lowest BCUT2D eigenvalue weighted by Crippen LogP contribution is -2.22. The quantitative estimate of drug-likeness (QED) is 0.547. The van der Waals surface area contributed by atoms with Crippen LogP contribution in [0.1, 0.15) is 6.92 Å². The van der Waals surface area contributed by atoms with Gasteiger partial charge in [-0.3, -0.25) is 9.52 Å². The zero-order valence-corrected chi connectivity index (χ0v) is 16.6. The molecule has 6 nitrogen and oxygen atoms in total. The number of hydrogen-bond donors (Lipinski definition) is 1. The highest BCUT2D eigenvalue weighted by Gasteiger charge is 2.14. The van der Waals surface area contributed by atoms with E-state index < -0.39 is 10.0 Å². The minimum absolute atomic E-state index is 0.00296. The summed E-state index contributed by atoms with van der Waals surface area (Å²) in [6.07, 6.45) is 0. The SMILES string of the molecule is CCS(=O)(=O)Nc1ccc(-c2nn(-c3ccccc3)c(=O)c3ccccc23)cc1. The second-order valence-electron chi connectivity index (χ2n) is 6.53. The number of para-hydroxylation sites is 1. The van der Waals surface area contributed by atoms with Crippen LogP contribution in [0.3, 0.4) is 0 Å². The molecule has 0 aliphatic heterocycles. The first-order valence-electron chi connectivity index (χ1n) is 9.17. The summed E-state index contributed by atoms with van der Waals surface area (Å²) in [6, 6.07) is 23.6. The van der Waals surface area contributed by atoms with E-state index in [1.54, 1.807) is 37.3 Å². The summed E-state index contributed by atoms with van der Waals surface area (Å²) in [5.74, 6) is 0.00296. The average Bonchev–Trinajstić information content (AvgIpc) is 2.75. The number of aromatic nitrogens is 2. The topological polar surface area (TPSA) is 81.1 Å². The number of nitrogens with zero attached hydrogens (tertiary/aromatic N) is 2. The maximum absolute atomic E-state index is 13.0. The highest BCUT2D eigenvalue weighted by Crippen LogP contribution is 2.26. The Labute approximate surface area is 168 Å². The molecular weight excluding hydrogens is 386 g/mol. The number of sulfonamides is 1. The number of benzene rings is 3. The standard InChI is InChI=1S/C22H19N3O3S/c1-2-29(27,28)24-17-14-12-16(13-15-17)21-19-10-6-7-11-20(19)22(26)25(23-21)18-8-4-3-5-9-18/h3-15,24H,2H2,1H3. The summed E-state index contributed by atoms with van der Waals surface area (Å²) in [4.78, 5) is 13.0. The van der Waals surface area contributed by atoms with Gasteiger partial charge in [-0.15, -0.1) is 0 Å². The largest absolute Gasteiger partial charge is 0.284 e. The molecule has 3 aromatic carbocycles. The lowest BCUT2D eigenvalue weighted by molar-refractivity contribution is 0.602. The van der Waals surface area contributed by atoms with Crippen molar-refractivity contribution in [2.45, 2.75) is 6.92 Å². The molecule has 0 atom stereocenters. The molecule has 29 heavy (non-hydrogen) atoms. The molecule has 0 bridgehead atoms. The normalized spacial score (nSPS) is 11.5. The maximum Gasteiger partial charge on any atom is 0.279 e. The Balaban J connectivity index is 1.88. The van der Waals surface area contributed by atoms with E-state index in [9.17, 15) is 13.2 Å². The molecule has 0 fully saturated rings. The Morgan fingerprint density at radius 3 is 2.14 bits per heavy atom. The van der Waals surface area contributed by atoms with E-state index in [1.165, 1.54) is 4.68 Å². The van der Waals surface area contributed by atoms with Crippen LogP contribution >= 0.6 is 0 Å². The van der Waals surface area contributed by atoms with Crippen LogP contribution in [0.5, 0.6) is 0 Å². The van der Waals surface area contributed by atoms with Crippen molar-refractivity contribution >= 4 is 26.5 Å². The molecule has 0 aliphatic rings. The van der Waals surface area contributed by atoms with Crippen LogP contribution in [-0.4, -0.2) is 24.0 Å². The lowest BCUT2D eigenvalue weighted by Gasteiger charge is -2.12. The summed E-state index contributed by atoms with van der Waals surface area (Å²) in [7, 11) is -3.34. The first-order chi connectivity index (χ1) is 14.0. The van der Waals surface area contributed by atoms with Gasteiger partial charge >= 0.3 is 0 Å². The van der Waals surface area contributed by atoms with E-state index in [0.29, 0.717) is 22.5 Å². The maximum atomic E-state index is 13.0. The molecule has 146 valence electrons. The van der Waals surface area contributed by atoms with Crippen molar-refractivity contribution in [2.24, 2.45) is 0 Å². The van der Waals surface area contributed by atoms with Crippen LogP contribution in [0.4, 0.5) is 5.69 Å². The van der Waals surface area contributed by atoms with Gasteiger partial charge in [0.25, 0.3) is 5.56 Å². The summed E-state index contributed by atoms with van der Waals surface area (Å²) >= 11 is 0. The van der Waals surface area contributed by atoms with Crippen LogP contribution in [0.25, 0.3) is 27.7 Å². The molecule has 4 aromatic rings. The highest BCUT2D eigenvalue weighted by atomic mass is 32.2. The molecule has 0 saturated heterocycles. The molecule has 0 aliphatic carbocycles. The molecule has 0 radical (unpaired) electrons. The molecule has 0 spiro atoms. The van der Waals surface area contributed by atoms with Crippen LogP contribution in [0, 0.1) is 0 Å². The molecular formula is C22H19N3O3S. The van der Waals surface area contributed by atoms with Crippen molar-refractivity contribution in [1.82, 2.24) is 9.78 Å². The molecule has 0 saturated carbocycles. The summed E-state index contributed by atoms with van der Waals surface area (Å²) in [5.41, 5.74) is 2.40. The predicted molar refractivity (Wildman–Crippen MR) is 116 cm³/mol. The highest BCUT2D eigenvalue weighted by molar-refractivity contribution is 7.92. The average molecular weight is 405 g/mol. The number of nitrogens with one attached hydrogen (secondary N) is 1. The van der Waals surface area contributed by atoms with Crippen molar-refractivity contribution in [2.75, 3.05) is 10.5 Å². The Morgan fingerprint density at radius 1 is 0.862 bits per heavy atom. The van der Waals surface area contributed by atoms with Crippen molar-refractivity contribution in [1.29, 1.82) is 0 Å². The number of anilines is 1. The fourth-order valence-corrected chi connectivity index (χ4v) is 3.73. The molecule has 0 unspecified atom stereocenters. The predicted octanol–water partition coefficient (Wildman–Crippen LogP) is 3.81. The van der Waals surface area contributed by atoms with E-state index in [1.807, 2.05) is 48.5 Å². The third-order valence-electron chi connectivity index (χ3n) is 4.62. The molecule has 7 heteroatoms. The molecule has 4 rings (SSSR count). The first-order valence-corrected chi connectivity index (χ1v) is 10.8. The molecule has 1 N–H and O–H groups in total. The number of hydrogen-bond acceptors (Lipinski definition) is 4. The van der Waals surface area contributed by atoms with Crippen molar-refractivity contribution in [3.8, 4) is 16.9 Å². The van der Waals surface area contributed by atoms with Crippen LogP contribution in [0.15, 0.2) is 83.7 Å². The van der Waals surface area contributed by atoms with Crippen LogP contribution < -0.4 is 10.3 Å². The lowest BCUT2D eigenvalue weighted by atomic mass is 10.0. The smallest absolute Gasteiger partial charge is 0.279 e. The second kappa shape index (κ2) is 7.52. The van der Waals surface area contributed by atoms with Gasteiger partial charge in [0.05, 0.1) is 22.5 Å². The van der Waals surface area contributed by atoms with Crippen molar-refractivity contribution < 1.29 is 8.42 Å². The van der Waals surface area contributed by atoms with E-state index in [0.717, 1.165) is 10.9 Å². The third-order valence-corrected chi connectivity index (χ3v) is 5.92. The van der Waals surface area contributed by atoms with Gasteiger partial charge in [0, 0.05) is 16.6 Å². The van der Waals surface area contributed by atoms with Crippen LogP contribution in [-0.2, 0) is 10.0 Å². The zero-order valence-electron chi connectivity index (χ0n) is 15.7. The fraction of sp³-hybridized carbons (Fsp3) is 0.0909. The van der Waals surface area contributed by atoms with Crippen LogP contribution in [0.2, 0.25) is 0 Å². The number of fused-ring (bicyclic) bond motifs is 1. The van der Waals surface area contributed by atoms with E-state index >= 15 is 0 Å². The zero-order chi connectivity index (χ0) is 20.4. The Kier molecular flexibility index (Phi) is 4.90. The number of rotatable bonds is 5. The van der Waals surface area contributed by atoms with E-state index in [4.69, 9.17) is 0 Å². The van der Waals surface area contributed by atoms with Gasteiger partial charge < -0.3 is 0 Å². The van der Waals surface area contributed by atoms with E-state index in [-0.39, 0.29) is 11.3 Å². The monoisotopic (exact) mass is 405 g/mol. The van der Waals surface area contributed by atoms with Gasteiger partial charge in [-0.2, -0.15) is 9.78 Å². The second-order valence-corrected chi connectivity index (χ2v) is 8.54. The summed E-state index contributed by atoms with van der Waals surface area (Å²) < 4.78 is 27.5. The van der Waals surface area contributed by atoms with Gasteiger partial charge in [0.1, 0.15) is 0 Å². The van der Waals surface area contributed by atoms with Gasteiger partial charge in [-0.05, 0) is 37.3 Å². The Morgan fingerprint density at radius 2 is 1.48 bits per heavy atom. The Bertz CT molecular complexity index is 1330. The molecule has 1 heterocycles. The van der Waals surface area contributed by atoms with Gasteiger partial charge in [0.15, 0.2) is 0 Å². The molecule has 1 aromatic heterocycles. The third kappa shape index (κ3) is 3.77. The molecule has 0 amide bonds. The Hall–Kier alpha value is -3.45. The fourth-order valence-electron chi connectivity index (χ4n) is 3.09. The van der Waals surface area contributed by atoms with Gasteiger partial charge in [0.2, 0.25) is 10.0 Å². The van der Waals surface area contributed by atoms with Crippen molar-refractivity contribution in [3.63, 3.8) is 0 Å². The first kappa shape index (κ1) is 18.9. The minimum Gasteiger partial charge on any atom is -0.284 e. The van der Waals surface area contributed by atoms with E-state index in [2.05, 4.69) is 9.82 Å². The minimum atomic E-state index is -3.34. The summed E-state index contributed by atoms with van der Waals surface area (Å²) in [5, 5.41) is 5.94. The van der Waals surface area contributed by atoms with Gasteiger partial charge in [-0.1, -0.05) is 48.5 Å². The summed E-state index contributed by atoms with van der Waals surface area (Å²) in [6.45, 7) is 1.58. The van der Waals surface area contributed by atoms with Gasteiger partial charge in [-0.25, -0.2) is 8.42 Å². The van der Waals surface area contributed by atoms with Crippen molar-refractivity contribution in [3.05, 3.63) is 89.2 Å².